The zero-order valence-corrected chi connectivity index (χ0v) is 20.2. The van der Waals surface area contributed by atoms with E-state index in [0.29, 0.717) is 17.0 Å². The number of amidine groups is 1. The number of allylic oxidation sites excluding steroid dienone is 1. The van der Waals surface area contributed by atoms with E-state index < -0.39 is 12.0 Å². The van der Waals surface area contributed by atoms with Gasteiger partial charge < -0.3 is 19.7 Å². The van der Waals surface area contributed by atoms with Crippen LogP contribution in [0.3, 0.4) is 0 Å². The Balaban J connectivity index is 1.50. The molecule has 176 valence electrons. The lowest BCUT2D eigenvalue weighted by molar-refractivity contribution is -0.139. The van der Waals surface area contributed by atoms with Crippen LogP contribution >= 0.6 is 11.8 Å². The molecule has 1 amide bonds. The number of fused-ring (bicyclic) bond motifs is 1. The van der Waals surface area contributed by atoms with Gasteiger partial charge in [-0.15, -0.1) is 0 Å². The number of rotatable bonds is 8. The number of carbonyl (C=O) groups excluding carboxylic acids is 2. The number of hydrogen-bond acceptors (Lipinski definition) is 7. The number of ether oxygens (including phenoxy) is 2. The van der Waals surface area contributed by atoms with Gasteiger partial charge in [0.2, 0.25) is 0 Å². The predicted molar refractivity (Wildman–Crippen MR) is 134 cm³/mol. The summed E-state index contributed by atoms with van der Waals surface area (Å²) in [5, 5.41) is 5.58. The van der Waals surface area contributed by atoms with Crippen molar-refractivity contribution in [3.8, 4) is 5.75 Å². The van der Waals surface area contributed by atoms with Crippen molar-refractivity contribution in [2.24, 2.45) is 4.99 Å². The summed E-state index contributed by atoms with van der Waals surface area (Å²) in [6.07, 6.45) is 2.85. The van der Waals surface area contributed by atoms with Gasteiger partial charge in [0.25, 0.3) is 5.91 Å². The fourth-order valence-electron chi connectivity index (χ4n) is 3.84. The lowest BCUT2D eigenvalue weighted by Crippen LogP contribution is -2.34. The van der Waals surface area contributed by atoms with Crippen LogP contribution in [0.1, 0.15) is 37.9 Å². The summed E-state index contributed by atoms with van der Waals surface area (Å²) in [6, 6.07) is 14.8. The molecule has 0 saturated carbocycles. The van der Waals surface area contributed by atoms with E-state index >= 15 is 0 Å². The number of benzene rings is 2. The van der Waals surface area contributed by atoms with Gasteiger partial charge in [0, 0.05) is 11.9 Å². The topological polar surface area (TPSA) is 80.2 Å². The van der Waals surface area contributed by atoms with Crippen molar-refractivity contribution in [2.45, 2.75) is 33.2 Å². The Bertz CT molecular complexity index is 1170. The van der Waals surface area contributed by atoms with Crippen molar-refractivity contribution >= 4 is 34.5 Å². The summed E-state index contributed by atoms with van der Waals surface area (Å²) in [5.74, 6) is -0.101. The largest absolute Gasteiger partial charge is 0.484 e. The van der Waals surface area contributed by atoms with Crippen molar-refractivity contribution in [3.05, 3.63) is 82.5 Å². The molecule has 2 heterocycles. The third kappa shape index (κ3) is 5.17. The first kappa shape index (κ1) is 23.6. The minimum absolute atomic E-state index is 0.130. The first-order valence-electron chi connectivity index (χ1n) is 11.2. The third-order valence-electron chi connectivity index (χ3n) is 5.51. The van der Waals surface area contributed by atoms with Crippen LogP contribution in [-0.4, -0.2) is 35.2 Å². The number of aryl methyl sites for hydroxylation is 1. The van der Waals surface area contributed by atoms with Gasteiger partial charge in [-0.3, -0.25) is 4.79 Å². The number of nitrogens with zero attached hydrogens (tertiary/aromatic N) is 2. The molecule has 0 radical (unpaired) electrons. The van der Waals surface area contributed by atoms with Crippen LogP contribution in [0, 0.1) is 0 Å². The molecule has 34 heavy (non-hydrogen) atoms. The smallest absolute Gasteiger partial charge is 0.338 e. The molecule has 0 saturated heterocycles. The average Bonchev–Trinajstić information content (AvgIpc) is 3.30. The number of anilines is 1. The summed E-state index contributed by atoms with van der Waals surface area (Å²) < 4.78 is 11.1. The molecule has 2 aromatic rings. The van der Waals surface area contributed by atoms with Gasteiger partial charge in [0.05, 0.1) is 23.9 Å². The molecule has 4 rings (SSSR count). The number of aliphatic imine (C=N–C) groups is 1. The summed E-state index contributed by atoms with van der Waals surface area (Å²) in [5.41, 5.74) is 3.90. The van der Waals surface area contributed by atoms with E-state index in [1.807, 2.05) is 65.9 Å². The molecule has 0 aromatic heterocycles. The molecule has 2 aliphatic rings. The molecule has 2 aromatic carbocycles. The van der Waals surface area contributed by atoms with E-state index in [-0.39, 0.29) is 19.1 Å². The van der Waals surface area contributed by atoms with E-state index in [9.17, 15) is 9.59 Å². The molecule has 0 bridgehead atoms. The first-order valence-corrected chi connectivity index (χ1v) is 12.1. The van der Waals surface area contributed by atoms with E-state index in [0.717, 1.165) is 22.8 Å². The molecule has 7 nitrogen and oxygen atoms in total. The van der Waals surface area contributed by atoms with Crippen molar-refractivity contribution < 1.29 is 19.1 Å². The van der Waals surface area contributed by atoms with Gasteiger partial charge in [-0.2, -0.15) is 0 Å². The molecule has 1 N–H and O–H groups in total. The van der Waals surface area contributed by atoms with Gasteiger partial charge in [0.1, 0.15) is 5.75 Å². The molecule has 0 spiro atoms. The molecule has 2 aliphatic heterocycles. The Morgan fingerprint density at radius 1 is 1.15 bits per heavy atom. The minimum Gasteiger partial charge on any atom is -0.484 e. The van der Waals surface area contributed by atoms with Gasteiger partial charge >= 0.3 is 5.97 Å². The minimum atomic E-state index is -0.396. The second-order valence-corrected chi connectivity index (χ2v) is 8.66. The monoisotopic (exact) mass is 477 g/mol. The van der Waals surface area contributed by atoms with Gasteiger partial charge in [-0.1, -0.05) is 43.0 Å². The molecular weight excluding hydrogens is 450 g/mol. The van der Waals surface area contributed by atoms with Crippen molar-refractivity contribution in [3.63, 3.8) is 0 Å². The summed E-state index contributed by atoms with van der Waals surface area (Å²) in [6.45, 7) is 5.84. The average molecular weight is 478 g/mol. The highest BCUT2D eigenvalue weighted by atomic mass is 32.2. The van der Waals surface area contributed by atoms with Crippen molar-refractivity contribution in [1.82, 2.24) is 4.90 Å². The van der Waals surface area contributed by atoms with Crippen LogP contribution in [0.15, 0.2) is 76.4 Å². The molecule has 1 atom stereocenters. The Kier molecular flexibility index (Phi) is 7.37. The highest BCUT2D eigenvalue weighted by Gasteiger charge is 2.37. The number of hydrogen-bond donors (Lipinski definition) is 1. The zero-order valence-electron chi connectivity index (χ0n) is 19.4. The second kappa shape index (κ2) is 10.6. The fourth-order valence-corrected chi connectivity index (χ4v) is 4.63. The van der Waals surface area contributed by atoms with Gasteiger partial charge in [-0.25, -0.2) is 9.79 Å². The number of nitrogens with one attached hydrogen (secondary N) is 1. The van der Waals surface area contributed by atoms with Crippen LogP contribution in [0.5, 0.6) is 5.75 Å². The normalized spacial score (nSPS) is 16.7. The zero-order chi connectivity index (χ0) is 24.1. The highest BCUT2D eigenvalue weighted by molar-refractivity contribution is 8.16. The summed E-state index contributed by atoms with van der Waals surface area (Å²) in [7, 11) is 0. The standard InChI is InChI=1S/C26H27N3O4S/c1-4-18-9-11-20(12-10-18)28-22(30)16-33-21-8-6-7-19(15-21)24-23(25(31)32-5-2)17(3)27-26-29(24)13-14-34-26/h6-15,24H,4-5,16H2,1-3H3,(H,28,30)/t24-/m0/s1. The third-order valence-corrected chi connectivity index (χ3v) is 6.28. The van der Waals surface area contributed by atoms with Crippen LogP contribution in [0.25, 0.3) is 0 Å². The quantitative estimate of drug-likeness (QED) is 0.537. The summed E-state index contributed by atoms with van der Waals surface area (Å²) in [4.78, 5) is 31.7. The molecular formula is C26H27N3O4S. The Morgan fingerprint density at radius 2 is 1.94 bits per heavy atom. The maximum absolute atomic E-state index is 12.8. The van der Waals surface area contributed by atoms with Crippen molar-refractivity contribution in [2.75, 3.05) is 18.5 Å². The summed E-state index contributed by atoms with van der Waals surface area (Å²) >= 11 is 1.50. The maximum atomic E-state index is 12.8. The fraction of sp³-hybridized carbons (Fsp3) is 0.269. The van der Waals surface area contributed by atoms with Crippen LogP contribution in [-0.2, 0) is 20.7 Å². The van der Waals surface area contributed by atoms with E-state index in [1.165, 1.54) is 17.3 Å². The van der Waals surface area contributed by atoms with E-state index in [4.69, 9.17) is 9.47 Å². The molecule has 0 aliphatic carbocycles. The Morgan fingerprint density at radius 3 is 2.68 bits per heavy atom. The number of thioether (sulfide) groups is 1. The highest BCUT2D eigenvalue weighted by Crippen LogP contribution is 2.41. The van der Waals surface area contributed by atoms with E-state index in [2.05, 4.69) is 17.2 Å². The number of carbonyl (C=O) groups is 2. The maximum Gasteiger partial charge on any atom is 0.338 e. The van der Waals surface area contributed by atoms with Crippen LogP contribution in [0.4, 0.5) is 5.69 Å². The number of esters is 1. The molecule has 8 heteroatoms. The van der Waals surface area contributed by atoms with Gasteiger partial charge in [0.15, 0.2) is 11.8 Å². The van der Waals surface area contributed by atoms with Gasteiger partial charge in [-0.05, 0) is 61.1 Å². The number of amides is 1. The Hall–Kier alpha value is -3.52. The van der Waals surface area contributed by atoms with Crippen molar-refractivity contribution in [1.29, 1.82) is 0 Å². The van der Waals surface area contributed by atoms with E-state index in [1.54, 1.807) is 13.0 Å². The van der Waals surface area contributed by atoms with Crippen LogP contribution in [0.2, 0.25) is 0 Å². The molecule has 0 fully saturated rings. The Labute approximate surface area is 203 Å². The molecule has 0 unspecified atom stereocenters. The lowest BCUT2D eigenvalue weighted by atomic mass is 9.94. The second-order valence-electron chi connectivity index (χ2n) is 7.79. The lowest BCUT2D eigenvalue weighted by Gasteiger charge is -2.33. The predicted octanol–water partition coefficient (Wildman–Crippen LogP) is 5.03. The first-order chi connectivity index (χ1) is 16.5. The van der Waals surface area contributed by atoms with Crippen LogP contribution < -0.4 is 10.1 Å². The SMILES string of the molecule is CCOC(=O)C1=C(C)N=C2SC=CN2[C@H]1c1cccc(OCC(=O)Nc2ccc(CC)cc2)c1.